The van der Waals surface area contributed by atoms with Crippen LogP contribution in [0.25, 0.3) is 0 Å². The molecule has 0 bridgehead atoms. The lowest BCUT2D eigenvalue weighted by Gasteiger charge is -2.21. The first kappa shape index (κ1) is 13.1. The quantitative estimate of drug-likeness (QED) is 0.915. The van der Waals surface area contributed by atoms with Gasteiger partial charge in [-0.3, -0.25) is 4.79 Å². The van der Waals surface area contributed by atoms with Crippen LogP contribution in [-0.4, -0.2) is 41.7 Å². The van der Waals surface area contributed by atoms with Crippen LogP contribution in [0.3, 0.4) is 0 Å². The first-order valence-corrected chi connectivity index (χ1v) is 7.73. The predicted octanol–water partition coefficient (Wildman–Crippen LogP) is 1.81. The Morgan fingerprint density at radius 2 is 2.47 bits per heavy atom. The topological polar surface area (TPSA) is 49.8 Å². The molecular formula is C14H19NO3S. The Morgan fingerprint density at radius 1 is 1.58 bits per heavy atom. The lowest BCUT2D eigenvalue weighted by atomic mass is 10.0. The molecule has 2 fully saturated rings. The summed E-state index contributed by atoms with van der Waals surface area (Å²) in [4.78, 5) is 14.8. The lowest BCUT2D eigenvalue weighted by Crippen LogP contribution is -2.33. The summed E-state index contributed by atoms with van der Waals surface area (Å²) in [6.07, 6.45) is 2.27. The third-order valence-electron chi connectivity index (χ3n) is 3.97. The van der Waals surface area contributed by atoms with Gasteiger partial charge in [0.25, 0.3) is 0 Å². The van der Waals surface area contributed by atoms with Crippen molar-refractivity contribution in [1.29, 1.82) is 0 Å². The molecule has 0 spiro atoms. The molecule has 1 aromatic heterocycles. The second-order valence-corrected chi connectivity index (χ2v) is 6.34. The van der Waals surface area contributed by atoms with Gasteiger partial charge in [-0.05, 0) is 24.3 Å². The molecule has 1 amide bonds. The summed E-state index contributed by atoms with van der Waals surface area (Å²) in [5, 5.41) is 12.3. The first-order valence-electron chi connectivity index (χ1n) is 6.85. The molecule has 3 rings (SSSR count). The largest absolute Gasteiger partial charge is 0.387 e. The molecule has 0 aliphatic carbocycles. The van der Waals surface area contributed by atoms with Crippen LogP contribution in [0.2, 0.25) is 0 Å². The zero-order valence-corrected chi connectivity index (χ0v) is 11.6. The first-order chi connectivity index (χ1) is 9.24. The van der Waals surface area contributed by atoms with E-state index in [-0.39, 0.29) is 17.9 Å². The van der Waals surface area contributed by atoms with E-state index >= 15 is 0 Å². The Balaban J connectivity index is 1.59. The van der Waals surface area contributed by atoms with Crippen molar-refractivity contribution in [1.82, 2.24) is 4.90 Å². The number of aliphatic hydroxyl groups excluding tert-OH is 1. The zero-order valence-electron chi connectivity index (χ0n) is 10.8. The van der Waals surface area contributed by atoms with Crippen molar-refractivity contribution in [3.63, 3.8) is 0 Å². The number of nitrogens with zero attached hydrogens (tertiary/aromatic N) is 1. The molecule has 104 valence electrons. The fourth-order valence-corrected chi connectivity index (χ4v) is 3.72. The fourth-order valence-electron chi connectivity index (χ4n) is 2.92. The van der Waals surface area contributed by atoms with Crippen molar-refractivity contribution >= 4 is 17.2 Å². The minimum absolute atomic E-state index is 0.0209. The van der Waals surface area contributed by atoms with Crippen LogP contribution in [0, 0.1) is 5.92 Å². The Morgan fingerprint density at radius 3 is 3.16 bits per heavy atom. The van der Waals surface area contributed by atoms with Gasteiger partial charge in [-0.15, -0.1) is 11.3 Å². The molecule has 3 heterocycles. The van der Waals surface area contributed by atoms with Crippen LogP contribution in [0.4, 0.5) is 0 Å². The van der Waals surface area contributed by atoms with Crippen LogP contribution in [0.5, 0.6) is 0 Å². The summed E-state index contributed by atoms with van der Waals surface area (Å²) in [5.41, 5.74) is 0. The van der Waals surface area contributed by atoms with E-state index in [2.05, 4.69) is 0 Å². The molecule has 0 saturated carbocycles. The van der Waals surface area contributed by atoms with E-state index in [0.717, 1.165) is 24.3 Å². The number of rotatable bonds is 4. The molecule has 5 heteroatoms. The maximum atomic E-state index is 12.0. The number of hydrogen-bond acceptors (Lipinski definition) is 4. The zero-order chi connectivity index (χ0) is 13.2. The smallest absolute Gasteiger partial charge is 0.223 e. The van der Waals surface area contributed by atoms with E-state index in [0.29, 0.717) is 19.5 Å². The van der Waals surface area contributed by atoms with Gasteiger partial charge in [-0.25, -0.2) is 0 Å². The van der Waals surface area contributed by atoms with Crippen molar-refractivity contribution < 1.29 is 14.6 Å². The van der Waals surface area contributed by atoms with Gasteiger partial charge in [0.05, 0.1) is 12.2 Å². The van der Waals surface area contributed by atoms with Crippen molar-refractivity contribution in [2.24, 2.45) is 5.92 Å². The summed E-state index contributed by atoms with van der Waals surface area (Å²) in [6.45, 7) is 2.15. The third-order valence-corrected chi connectivity index (χ3v) is 4.92. The maximum absolute atomic E-state index is 12.0. The van der Waals surface area contributed by atoms with Crippen molar-refractivity contribution in [2.45, 2.75) is 31.5 Å². The van der Waals surface area contributed by atoms with E-state index in [1.54, 1.807) is 11.3 Å². The van der Waals surface area contributed by atoms with Crippen molar-refractivity contribution in [3.8, 4) is 0 Å². The maximum Gasteiger partial charge on any atom is 0.223 e. The van der Waals surface area contributed by atoms with E-state index in [1.807, 2.05) is 22.4 Å². The number of likely N-dealkylation sites (tertiary alicyclic amines) is 1. The summed E-state index contributed by atoms with van der Waals surface area (Å²) in [6, 6.07) is 3.87. The van der Waals surface area contributed by atoms with Crippen molar-refractivity contribution in [2.75, 3.05) is 19.7 Å². The predicted molar refractivity (Wildman–Crippen MR) is 72.9 cm³/mol. The Hall–Kier alpha value is -0.910. The van der Waals surface area contributed by atoms with Gasteiger partial charge in [0, 0.05) is 36.9 Å². The molecule has 2 saturated heterocycles. The monoisotopic (exact) mass is 281 g/mol. The number of amides is 1. The highest BCUT2D eigenvalue weighted by Gasteiger charge is 2.36. The van der Waals surface area contributed by atoms with E-state index < -0.39 is 6.10 Å². The summed E-state index contributed by atoms with van der Waals surface area (Å²) in [5.74, 6) is 0.170. The SMILES string of the molecule is O=C1CC(C(O)c2cccs2)CN1CC1CCCO1. The molecule has 2 aliphatic heterocycles. The lowest BCUT2D eigenvalue weighted by molar-refractivity contribution is -0.129. The molecule has 3 unspecified atom stereocenters. The number of carbonyl (C=O) groups excluding carboxylic acids is 1. The molecule has 4 nitrogen and oxygen atoms in total. The highest BCUT2D eigenvalue weighted by Crippen LogP contribution is 2.33. The molecule has 1 N–H and O–H groups in total. The van der Waals surface area contributed by atoms with Gasteiger partial charge in [0.15, 0.2) is 0 Å². The van der Waals surface area contributed by atoms with Crippen LogP contribution in [-0.2, 0) is 9.53 Å². The second kappa shape index (κ2) is 5.61. The van der Waals surface area contributed by atoms with Crippen molar-refractivity contribution in [3.05, 3.63) is 22.4 Å². The van der Waals surface area contributed by atoms with Gasteiger partial charge >= 0.3 is 0 Å². The molecule has 0 radical (unpaired) electrons. The average molecular weight is 281 g/mol. The van der Waals surface area contributed by atoms with Gasteiger partial charge in [0.2, 0.25) is 5.91 Å². The minimum atomic E-state index is -0.515. The van der Waals surface area contributed by atoms with Gasteiger partial charge in [-0.2, -0.15) is 0 Å². The second-order valence-electron chi connectivity index (χ2n) is 5.36. The molecular weight excluding hydrogens is 262 g/mol. The van der Waals surface area contributed by atoms with Crippen LogP contribution >= 0.6 is 11.3 Å². The molecule has 19 heavy (non-hydrogen) atoms. The molecule has 0 aromatic carbocycles. The molecule has 2 aliphatic rings. The Bertz CT molecular complexity index is 428. The standard InChI is InChI=1S/C14H19NO3S/c16-13-7-10(14(17)12-4-2-6-19-12)8-15(13)9-11-3-1-5-18-11/h2,4,6,10-11,14,17H,1,3,5,7-9H2. The van der Waals surface area contributed by atoms with Gasteiger partial charge < -0.3 is 14.7 Å². The summed E-state index contributed by atoms with van der Waals surface area (Å²) >= 11 is 1.55. The van der Waals surface area contributed by atoms with Gasteiger partial charge in [-0.1, -0.05) is 6.07 Å². The summed E-state index contributed by atoms with van der Waals surface area (Å²) in [7, 11) is 0. The summed E-state index contributed by atoms with van der Waals surface area (Å²) < 4.78 is 5.58. The number of ether oxygens (including phenoxy) is 1. The number of carbonyl (C=O) groups is 1. The van der Waals surface area contributed by atoms with Crippen LogP contribution in [0.1, 0.15) is 30.2 Å². The van der Waals surface area contributed by atoms with E-state index in [4.69, 9.17) is 4.74 Å². The van der Waals surface area contributed by atoms with E-state index in [9.17, 15) is 9.90 Å². The molecule has 3 atom stereocenters. The highest BCUT2D eigenvalue weighted by molar-refractivity contribution is 7.10. The Kier molecular flexibility index (Phi) is 3.86. The number of thiophene rings is 1. The molecule has 1 aromatic rings. The minimum Gasteiger partial charge on any atom is -0.387 e. The Labute approximate surface area is 117 Å². The normalized spacial score (nSPS) is 29.1. The highest BCUT2D eigenvalue weighted by atomic mass is 32.1. The number of hydrogen-bond donors (Lipinski definition) is 1. The number of aliphatic hydroxyl groups is 1. The van der Waals surface area contributed by atoms with Crippen LogP contribution in [0.15, 0.2) is 17.5 Å². The third kappa shape index (κ3) is 2.83. The average Bonchev–Trinajstić information content (AvgIpc) is 3.12. The van der Waals surface area contributed by atoms with Crippen LogP contribution < -0.4 is 0 Å². The van der Waals surface area contributed by atoms with Gasteiger partial charge in [0.1, 0.15) is 0 Å². The fraction of sp³-hybridized carbons (Fsp3) is 0.643. The van der Waals surface area contributed by atoms with E-state index in [1.165, 1.54) is 0 Å².